The van der Waals surface area contributed by atoms with Gasteiger partial charge in [0.25, 0.3) is 0 Å². The Hall–Kier alpha value is -1.36. The van der Waals surface area contributed by atoms with Crippen molar-refractivity contribution in [2.45, 2.75) is 88.5 Å². The summed E-state index contributed by atoms with van der Waals surface area (Å²) in [5.74, 6) is -0.0101. The normalized spacial score (nSPS) is 24.4. The third-order valence-electron chi connectivity index (χ3n) is 6.76. The standard InChI is InChI=1S/C26H35ClO3S/c1-3-4-5-9-22(28)18-10-12-20(13-11-18)24-19(16-17-26(24,2)27)7-6-8-21-14-15-23(31-21)25(29)30/h10-15,19,22,24,28H,3-9,16-17H2,1-2H3,(H,29,30)/t19-,22?,24-,26?/m0/s1. The van der Waals surface area contributed by atoms with Gasteiger partial charge in [0.15, 0.2) is 0 Å². The molecule has 31 heavy (non-hydrogen) atoms. The lowest BCUT2D eigenvalue weighted by Crippen LogP contribution is -2.24. The summed E-state index contributed by atoms with van der Waals surface area (Å²) in [6.07, 6.45) is 9.00. The number of carboxylic acids is 1. The molecule has 2 N–H and O–H groups in total. The number of alkyl halides is 1. The Balaban J connectivity index is 1.61. The average molecular weight is 463 g/mol. The quantitative estimate of drug-likeness (QED) is 0.267. The molecular formula is C26H35ClO3S. The molecule has 3 nitrogen and oxygen atoms in total. The number of rotatable bonds is 11. The first-order chi connectivity index (χ1) is 14.8. The van der Waals surface area contributed by atoms with Gasteiger partial charge in [0.05, 0.1) is 6.10 Å². The van der Waals surface area contributed by atoms with Crippen LogP contribution in [0.25, 0.3) is 0 Å². The third kappa shape index (κ3) is 6.34. The molecule has 2 unspecified atom stereocenters. The van der Waals surface area contributed by atoms with E-state index in [9.17, 15) is 9.90 Å². The molecule has 0 saturated heterocycles. The number of aliphatic hydroxyl groups excluding tert-OH is 1. The number of aryl methyl sites for hydroxylation is 1. The van der Waals surface area contributed by atoms with E-state index >= 15 is 0 Å². The number of aromatic carboxylic acids is 1. The molecule has 1 aliphatic carbocycles. The first kappa shape index (κ1) is 24.3. The first-order valence-electron chi connectivity index (χ1n) is 11.6. The Morgan fingerprint density at radius 3 is 2.58 bits per heavy atom. The molecule has 1 heterocycles. The van der Waals surface area contributed by atoms with Gasteiger partial charge in [0.2, 0.25) is 0 Å². The van der Waals surface area contributed by atoms with E-state index in [4.69, 9.17) is 16.7 Å². The molecule has 0 amide bonds. The van der Waals surface area contributed by atoms with E-state index in [0.29, 0.717) is 16.7 Å². The molecule has 1 aliphatic rings. The fourth-order valence-corrected chi connectivity index (χ4v) is 6.36. The molecule has 3 rings (SSSR count). The summed E-state index contributed by atoms with van der Waals surface area (Å²) in [5, 5.41) is 19.6. The highest BCUT2D eigenvalue weighted by Gasteiger charge is 2.44. The van der Waals surface area contributed by atoms with Crippen molar-refractivity contribution in [2.75, 3.05) is 0 Å². The van der Waals surface area contributed by atoms with Crippen molar-refractivity contribution in [2.24, 2.45) is 5.92 Å². The van der Waals surface area contributed by atoms with Crippen LogP contribution in [0.4, 0.5) is 0 Å². The summed E-state index contributed by atoms with van der Waals surface area (Å²) in [5.41, 5.74) is 2.27. The average Bonchev–Trinajstić information content (AvgIpc) is 3.33. The summed E-state index contributed by atoms with van der Waals surface area (Å²) < 4.78 is 0. The number of unbranched alkanes of at least 4 members (excludes halogenated alkanes) is 2. The lowest BCUT2D eigenvalue weighted by Gasteiger charge is -2.30. The van der Waals surface area contributed by atoms with Crippen molar-refractivity contribution in [1.29, 1.82) is 0 Å². The second-order valence-electron chi connectivity index (χ2n) is 9.20. The fourth-order valence-electron chi connectivity index (χ4n) is 5.06. The summed E-state index contributed by atoms with van der Waals surface area (Å²) in [7, 11) is 0. The Kier molecular flexibility index (Phi) is 8.60. The molecule has 1 saturated carbocycles. The van der Waals surface area contributed by atoms with E-state index in [1.165, 1.54) is 16.9 Å². The molecule has 2 aromatic rings. The van der Waals surface area contributed by atoms with Gasteiger partial charge >= 0.3 is 5.97 Å². The number of hydrogen-bond acceptors (Lipinski definition) is 3. The number of thiophene rings is 1. The van der Waals surface area contributed by atoms with Crippen LogP contribution in [0.15, 0.2) is 36.4 Å². The van der Waals surface area contributed by atoms with Crippen LogP contribution in [-0.4, -0.2) is 21.1 Å². The molecular weight excluding hydrogens is 428 g/mol. The van der Waals surface area contributed by atoms with E-state index in [1.807, 2.05) is 6.07 Å². The molecule has 0 aliphatic heterocycles. The van der Waals surface area contributed by atoms with Gasteiger partial charge in [-0.3, -0.25) is 0 Å². The molecule has 1 fully saturated rings. The van der Waals surface area contributed by atoms with Gasteiger partial charge in [-0.2, -0.15) is 0 Å². The fraction of sp³-hybridized carbons (Fsp3) is 0.577. The number of benzene rings is 1. The van der Waals surface area contributed by atoms with Crippen LogP contribution < -0.4 is 0 Å². The van der Waals surface area contributed by atoms with Gasteiger partial charge in [-0.25, -0.2) is 4.79 Å². The lowest BCUT2D eigenvalue weighted by atomic mass is 9.80. The van der Waals surface area contributed by atoms with E-state index in [-0.39, 0.29) is 11.0 Å². The van der Waals surface area contributed by atoms with E-state index in [2.05, 4.69) is 38.1 Å². The summed E-state index contributed by atoms with van der Waals surface area (Å²) in [4.78, 5) is 12.4. The molecule has 170 valence electrons. The minimum absolute atomic E-state index is 0.245. The molecule has 0 bridgehead atoms. The monoisotopic (exact) mass is 462 g/mol. The summed E-state index contributed by atoms with van der Waals surface area (Å²) in [6.45, 7) is 4.33. The Morgan fingerprint density at radius 1 is 1.19 bits per heavy atom. The van der Waals surface area contributed by atoms with Crippen molar-refractivity contribution >= 4 is 28.9 Å². The topological polar surface area (TPSA) is 57.5 Å². The van der Waals surface area contributed by atoms with Crippen LogP contribution >= 0.6 is 22.9 Å². The Morgan fingerprint density at radius 2 is 1.94 bits per heavy atom. The van der Waals surface area contributed by atoms with Gasteiger partial charge in [-0.15, -0.1) is 22.9 Å². The van der Waals surface area contributed by atoms with Crippen molar-refractivity contribution in [3.8, 4) is 0 Å². The van der Waals surface area contributed by atoms with Gasteiger partial charge < -0.3 is 10.2 Å². The first-order valence-corrected chi connectivity index (χ1v) is 12.8. The highest BCUT2D eigenvalue weighted by molar-refractivity contribution is 7.13. The zero-order valence-corrected chi connectivity index (χ0v) is 20.2. The SMILES string of the molecule is CCCCCC(O)c1ccc([C@@H]2[C@@H](CCCc3ccc(C(=O)O)s3)CCC2(C)Cl)cc1. The van der Waals surface area contributed by atoms with Crippen LogP contribution in [0, 0.1) is 5.92 Å². The van der Waals surface area contributed by atoms with Crippen LogP contribution in [0.5, 0.6) is 0 Å². The summed E-state index contributed by atoms with van der Waals surface area (Å²) >= 11 is 8.35. The molecule has 1 aromatic heterocycles. The molecule has 1 aromatic carbocycles. The zero-order valence-electron chi connectivity index (χ0n) is 18.6. The molecule has 0 radical (unpaired) electrons. The maximum Gasteiger partial charge on any atom is 0.345 e. The number of hydrogen-bond donors (Lipinski definition) is 2. The molecule has 0 spiro atoms. The number of aliphatic hydroxyl groups is 1. The van der Waals surface area contributed by atoms with Crippen LogP contribution in [-0.2, 0) is 6.42 Å². The lowest BCUT2D eigenvalue weighted by molar-refractivity contribution is 0.0702. The van der Waals surface area contributed by atoms with E-state index < -0.39 is 5.97 Å². The van der Waals surface area contributed by atoms with Gasteiger partial charge in [-0.05, 0) is 74.6 Å². The number of carbonyl (C=O) groups is 1. The predicted molar refractivity (Wildman–Crippen MR) is 129 cm³/mol. The third-order valence-corrected chi connectivity index (χ3v) is 8.31. The van der Waals surface area contributed by atoms with Gasteiger partial charge in [-0.1, -0.05) is 50.5 Å². The van der Waals surface area contributed by atoms with Crippen molar-refractivity contribution < 1.29 is 15.0 Å². The second-order valence-corrected chi connectivity index (χ2v) is 11.2. The molecule has 5 heteroatoms. The Labute approximate surface area is 195 Å². The van der Waals surface area contributed by atoms with Crippen LogP contribution in [0.2, 0.25) is 0 Å². The molecule has 4 atom stereocenters. The summed E-state index contributed by atoms with van der Waals surface area (Å²) in [6, 6.07) is 12.1. The second kappa shape index (κ2) is 11.0. The van der Waals surface area contributed by atoms with E-state index in [1.54, 1.807) is 6.07 Å². The largest absolute Gasteiger partial charge is 0.477 e. The smallest absolute Gasteiger partial charge is 0.345 e. The number of halogens is 1. The predicted octanol–water partition coefficient (Wildman–Crippen LogP) is 7.57. The van der Waals surface area contributed by atoms with Gasteiger partial charge in [0.1, 0.15) is 4.88 Å². The van der Waals surface area contributed by atoms with E-state index in [0.717, 1.165) is 68.2 Å². The van der Waals surface area contributed by atoms with Crippen molar-refractivity contribution in [3.63, 3.8) is 0 Å². The zero-order chi connectivity index (χ0) is 22.4. The number of carboxylic acid groups (broad SMARTS) is 1. The highest BCUT2D eigenvalue weighted by atomic mass is 35.5. The van der Waals surface area contributed by atoms with Crippen molar-refractivity contribution in [3.05, 3.63) is 57.3 Å². The Bertz CT molecular complexity index is 843. The maximum absolute atomic E-state index is 11.1. The minimum atomic E-state index is -0.844. The maximum atomic E-state index is 11.1. The van der Waals surface area contributed by atoms with Gasteiger partial charge in [0, 0.05) is 15.7 Å². The highest BCUT2D eigenvalue weighted by Crippen LogP contribution is 2.52. The van der Waals surface area contributed by atoms with Crippen molar-refractivity contribution in [1.82, 2.24) is 0 Å². The van der Waals surface area contributed by atoms with Crippen LogP contribution in [0.1, 0.15) is 103 Å². The van der Waals surface area contributed by atoms with Crippen LogP contribution in [0.3, 0.4) is 0 Å². The minimum Gasteiger partial charge on any atom is -0.477 e.